The van der Waals surface area contributed by atoms with Crippen LogP contribution in [0.25, 0.3) is 0 Å². The highest BCUT2D eigenvalue weighted by Crippen LogP contribution is 1.86. The first-order valence-corrected chi connectivity index (χ1v) is 38.2. The second-order valence-corrected chi connectivity index (χ2v) is 78.7. The lowest BCUT2D eigenvalue weighted by atomic mass is 25.9. The Labute approximate surface area is 79.0 Å². The van der Waals surface area contributed by atoms with Gasteiger partial charge in [0, 0.05) is 0 Å². The maximum atomic E-state index is 1.75. The Morgan fingerprint density at radius 2 is 0.889 bits per heavy atom. The molecule has 0 fully saturated rings. The SMILES string of the molecule is [SiH3][SiH2][Si]([SiH2][SiH3])([SiH2][SiH3])[SiH2][SiH3]. The first-order valence-electron chi connectivity index (χ1n) is 4.24. The van der Waals surface area contributed by atoms with Crippen molar-refractivity contribution in [3.8, 4) is 0 Å². The fraction of sp³-hybridized carbons (Fsp3) is 0. The van der Waals surface area contributed by atoms with Crippen molar-refractivity contribution in [2.75, 3.05) is 0 Å². The van der Waals surface area contributed by atoms with Crippen molar-refractivity contribution in [1.29, 1.82) is 0 Å². The molecule has 0 rings (SSSR count). The molecule has 0 N–H and O–H groups in total. The van der Waals surface area contributed by atoms with Gasteiger partial charge in [0.25, 0.3) is 0 Å². The topological polar surface area (TPSA) is 0 Å². The monoisotopic (exact) mass is 272 g/mol. The summed E-state index contributed by atoms with van der Waals surface area (Å²) in [7, 11) is 10.1. The van der Waals surface area contributed by atoms with Crippen molar-refractivity contribution in [2.45, 2.75) is 0 Å². The van der Waals surface area contributed by atoms with Gasteiger partial charge in [0.05, 0.1) is 0 Å². The predicted molar refractivity (Wildman–Crippen MR) is 79.7 cm³/mol. The molecule has 56 valence electrons. The second kappa shape index (κ2) is 5.58. The molecule has 0 aromatic heterocycles. The first-order chi connectivity index (χ1) is 4.24. The molecule has 0 saturated heterocycles. The van der Waals surface area contributed by atoms with Gasteiger partial charge in [0.1, 0.15) is 0 Å². The highest BCUT2D eigenvalue weighted by atomic mass is 30.3. The summed E-state index contributed by atoms with van der Waals surface area (Å²) in [6, 6.07) is 0. The maximum Gasteiger partial charge on any atom is -0.00498 e. The largest absolute Gasteiger partial charge is 0.0119 e. The van der Waals surface area contributed by atoms with Gasteiger partial charge in [-0.25, -0.2) is 0 Å². The van der Waals surface area contributed by atoms with Crippen molar-refractivity contribution in [3.63, 3.8) is 0 Å². The van der Waals surface area contributed by atoms with Gasteiger partial charge in [-0.2, -0.15) is 0 Å². The van der Waals surface area contributed by atoms with Crippen molar-refractivity contribution >= 4 is 79.4 Å². The molecule has 0 unspecified atom stereocenters. The van der Waals surface area contributed by atoms with E-state index in [-0.39, 0.29) is 6.14 Å². The van der Waals surface area contributed by atoms with E-state index in [0.29, 0.717) is 0 Å². The molecular weight excluding hydrogens is 253 g/mol. The van der Waals surface area contributed by atoms with E-state index in [1.807, 2.05) is 0 Å². The molecule has 0 radical (unpaired) electrons. The molecular formula is H20Si9. The van der Waals surface area contributed by atoms with Crippen molar-refractivity contribution < 1.29 is 0 Å². The Kier molecular flexibility index (Phi) is 6.79. The van der Waals surface area contributed by atoms with Crippen LogP contribution >= 0.6 is 0 Å². The molecule has 0 atom stereocenters. The number of rotatable bonds is 4. The molecule has 0 heterocycles. The first kappa shape index (κ1) is 11.0. The van der Waals surface area contributed by atoms with Crippen molar-refractivity contribution in [1.82, 2.24) is 0 Å². The van der Waals surface area contributed by atoms with Crippen LogP contribution < -0.4 is 0 Å². The van der Waals surface area contributed by atoms with Gasteiger partial charge in [-0.1, -0.05) is 0 Å². The molecule has 9 heavy (non-hydrogen) atoms. The lowest BCUT2D eigenvalue weighted by Crippen LogP contribution is -2.62. The minimum absolute atomic E-state index is 0.111. The fourth-order valence-electron chi connectivity index (χ4n) is 1.50. The molecule has 0 amide bonds. The Bertz CT molecular complexity index is 42.9. The molecule has 0 aliphatic rings. The van der Waals surface area contributed by atoms with Crippen LogP contribution in [0, 0.1) is 0 Å². The minimum Gasteiger partial charge on any atom is -0.0119 e. The van der Waals surface area contributed by atoms with E-state index in [0.717, 1.165) is 34.2 Å². The van der Waals surface area contributed by atoms with Gasteiger partial charge in [-0.05, 0) is 79.4 Å². The summed E-state index contributed by atoms with van der Waals surface area (Å²) >= 11 is 0. The van der Waals surface area contributed by atoms with E-state index in [9.17, 15) is 0 Å². The van der Waals surface area contributed by atoms with E-state index < -0.39 is 0 Å². The molecule has 0 aromatic carbocycles. The van der Waals surface area contributed by atoms with Crippen LogP contribution in [-0.2, 0) is 0 Å². The average Bonchev–Trinajstić information content (AvgIpc) is 1.95. The van der Waals surface area contributed by atoms with Crippen LogP contribution in [0.4, 0.5) is 0 Å². The molecule has 0 bridgehead atoms. The lowest BCUT2D eigenvalue weighted by Gasteiger charge is -2.24. The quantitative estimate of drug-likeness (QED) is 0.446. The zero-order valence-corrected chi connectivity index (χ0v) is 22.0. The summed E-state index contributed by atoms with van der Waals surface area (Å²) < 4.78 is 0. The Morgan fingerprint density at radius 3 is 0.889 bits per heavy atom. The zero-order valence-electron chi connectivity index (χ0n) is 7.33. The molecule has 0 nitrogen and oxygen atoms in total. The van der Waals surface area contributed by atoms with Crippen molar-refractivity contribution in [2.24, 2.45) is 0 Å². The second-order valence-electron chi connectivity index (χ2n) is 2.91. The summed E-state index contributed by atoms with van der Waals surface area (Å²) in [5.41, 5.74) is 0. The maximum absolute atomic E-state index is 1.75. The Morgan fingerprint density at radius 1 is 0.667 bits per heavy atom. The normalized spacial score (nSPS) is 24.0. The average molecular weight is 273 g/mol. The third kappa shape index (κ3) is 3.23. The molecule has 0 spiro atoms. The van der Waals surface area contributed by atoms with Crippen LogP contribution in [0.2, 0.25) is 0 Å². The highest BCUT2D eigenvalue weighted by molar-refractivity contribution is 7.99. The molecule has 0 aliphatic carbocycles. The standard InChI is InChI=1S/H20Si9/c1-5-9(6-2,7-3)8-4/h5-8H2,1-4H3. The van der Waals surface area contributed by atoms with E-state index in [4.69, 9.17) is 0 Å². The van der Waals surface area contributed by atoms with Crippen LogP contribution in [-0.4, -0.2) is 79.4 Å². The van der Waals surface area contributed by atoms with Gasteiger partial charge in [0.15, 0.2) is 0 Å². The summed E-state index contributed by atoms with van der Waals surface area (Å²) in [4.78, 5) is 0. The Hall–Kier alpha value is 1.95. The number of hydrogen-bond donors (Lipinski definition) is 0. The molecule has 0 aliphatic heterocycles. The molecule has 0 aromatic rings. The Balaban J connectivity index is 3.82. The summed E-state index contributed by atoms with van der Waals surface area (Å²) in [6.07, 6.45) is 0.111. The zero-order chi connectivity index (χ0) is 7.33. The van der Waals surface area contributed by atoms with E-state index in [1.54, 1.807) is 39.0 Å². The lowest BCUT2D eigenvalue weighted by molar-refractivity contribution is 3.52. The number of hydrogen-bond acceptors (Lipinski definition) is 0. The third-order valence-electron chi connectivity index (χ3n) is 3.00. The summed E-state index contributed by atoms with van der Waals surface area (Å²) in [6.45, 7) is 0. The van der Waals surface area contributed by atoms with Crippen LogP contribution in [0.5, 0.6) is 0 Å². The molecule has 0 saturated carbocycles. The van der Waals surface area contributed by atoms with Gasteiger partial charge >= 0.3 is 0 Å². The van der Waals surface area contributed by atoms with Crippen molar-refractivity contribution in [3.05, 3.63) is 0 Å². The van der Waals surface area contributed by atoms with Gasteiger partial charge < -0.3 is 0 Å². The highest BCUT2D eigenvalue weighted by Gasteiger charge is 2.23. The van der Waals surface area contributed by atoms with Gasteiger partial charge in [-0.3, -0.25) is 0 Å². The fourth-order valence-corrected chi connectivity index (χ4v) is 364. The van der Waals surface area contributed by atoms with Gasteiger partial charge in [-0.15, -0.1) is 0 Å². The van der Waals surface area contributed by atoms with Crippen LogP contribution in [0.3, 0.4) is 0 Å². The third-order valence-corrected chi connectivity index (χ3v) is 243. The van der Waals surface area contributed by atoms with E-state index in [2.05, 4.69) is 0 Å². The summed E-state index contributed by atoms with van der Waals surface area (Å²) in [5.74, 6) is 0. The van der Waals surface area contributed by atoms with Crippen LogP contribution in [0.1, 0.15) is 0 Å². The molecule has 9 heteroatoms. The minimum atomic E-state index is 0.111. The van der Waals surface area contributed by atoms with E-state index >= 15 is 0 Å². The van der Waals surface area contributed by atoms with E-state index in [1.165, 1.54) is 0 Å². The predicted octanol–water partition coefficient (Wildman–Crippen LogP) is -8.78. The smallest absolute Gasteiger partial charge is 0.00498 e. The van der Waals surface area contributed by atoms with Gasteiger partial charge in [0.2, 0.25) is 0 Å². The van der Waals surface area contributed by atoms with Crippen LogP contribution in [0.15, 0.2) is 0 Å². The summed E-state index contributed by atoms with van der Waals surface area (Å²) in [5, 5.41) is 0.